The third-order valence-corrected chi connectivity index (χ3v) is 2.05. The summed E-state index contributed by atoms with van der Waals surface area (Å²) in [6, 6.07) is 3.70. The van der Waals surface area contributed by atoms with Crippen molar-refractivity contribution in [2.75, 3.05) is 0 Å². The van der Waals surface area contributed by atoms with Gasteiger partial charge in [-0.15, -0.1) is 12.4 Å². The number of rotatable bonds is 3. The summed E-state index contributed by atoms with van der Waals surface area (Å²) in [5.74, 6) is -0.756. The molecule has 0 saturated heterocycles. The zero-order chi connectivity index (χ0) is 11.4. The molecule has 90 valence electrons. The van der Waals surface area contributed by atoms with Crippen molar-refractivity contribution < 1.29 is 13.9 Å². The largest absolute Gasteiger partial charge is 0.460 e. The van der Waals surface area contributed by atoms with Gasteiger partial charge in [-0.1, -0.05) is 6.07 Å². The van der Waals surface area contributed by atoms with E-state index in [9.17, 15) is 9.18 Å². The Kier molecular flexibility index (Phi) is 6.00. The topological polar surface area (TPSA) is 52.3 Å². The van der Waals surface area contributed by atoms with Crippen LogP contribution in [0.2, 0.25) is 0 Å². The standard InChI is InChI=1S/C11H14FNO2.ClH/c1-7-5-10(12)4-3-9(7)6-15-11(14)8(2)13;/h3-5,8H,6,13H2,1-2H3;1H/t8-;/m0./s1. The van der Waals surface area contributed by atoms with Gasteiger partial charge in [0.2, 0.25) is 0 Å². The molecule has 2 N–H and O–H groups in total. The normalized spacial score (nSPS) is 11.5. The number of nitrogens with two attached hydrogens (primary N) is 1. The van der Waals surface area contributed by atoms with Crippen molar-refractivity contribution in [2.45, 2.75) is 26.5 Å². The monoisotopic (exact) mass is 247 g/mol. The van der Waals surface area contributed by atoms with E-state index in [4.69, 9.17) is 10.5 Å². The molecule has 0 aliphatic heterocycles. The van der Waals surface area contributed by atoms with E-state index in [1.54, 1.807) is 19.9 Å². The fourth-order valence-electron chi connectivity index (χ4n) is 1.10. The van der Waals surface area contributed by atoms with Crippen LogP contribution < -0.4 is 5.73 Å². The number of benzene rings is 1. The summed E-state index contributed by atoms with van der Waals surface area (Å²) < 4.78 is 17.7. The molecule has 0 fully saturated rings. The summed E-state index contributed by atoms with van der Waals surface area (Å²) in [5, 5.41) is 0. The number of hydrogen-bond acceptors (Lipinski definition) is 3. The van der Waals surface area contributed by atoms with Gasteiger partial charge in [-0.3, -0.25) is 4.79 Å². The minimum Gasteiger partial charge on any atom is -0.460 e. The van der Waals surface area contributed by atoms with Gasteiger partial charge in [0.1, 0.15) is 18.5 Å². The second-order valence-corrected chi connectivity index (χ2v) is 3.47. The average Bonchev–Trinajstić information content (AvgIpc) is 2.15. The van der Waals surface area contributed by atoms with Gasteiger partial charge in [0.05, 0.1) is 0 Å². The van der Waals surface area contributed by atoms with E-state index in [0.29, 0.717) is 0 Å². The molecule has 0 aromatic heterocycles. The number of carbonyl (C=O) groups is 1. The smallest absolute Gasteiger partial charge is 0.322 e. The van der Waals surface area contributed by atoms with E-state index < -0.39 is 12.0 Å². The van der Waals surface area contributed by atoms with Crippen molar-refractivity contribution in [1.82, 2.24) is 0 Å². The van der Waals surface area contributed by atoms with E-state index in [1.807, 2.05) is 0 Å². The molecule has 1 rings (SSSR count). The minimum absolute atomic E-state index is 0. The first-order chi connectivity index (χ1) is 7.00. The van der Waals surface area contributed by atoms with Crippen LogP contribution in [-0.4, -0.2) is 12.0 Å². The molecule has 1 aromatic rings. The first-order valence-corrected chi connectivity index (χ1v) is 4.68. The second kappa shape index (κ2) is 6.45. The van der Waals surface area contributed by atoms with Gasteiger partial charge in [0, 0.05) is 0 Å². The highest BCUT2D eigenvalue weighted by atomic mass is 35.5. The molecule has 0 saturated carbocycles. The molecule has 0 aliphatic rings. The number of esters is 1. The SMILES string of the molecule is Cc1cc(F)ccc1COC(=O)[C@H](C)N.Cl. The summed E-state index contributed by atoms with van der Waals surface area (Å²) in [5.41, 5.74) is 6.87. The molecule has 3 nitrogen and oxygen atoms in total. The van der Waals surface area contributed by atoms with Crippen LogP contribution in [0.15, 0.2) is 18.2 Å². The number of halogens is 2. The molecule has 16 heavy (non-hydrogen) atoms. The van der Waals surface area contributed by atoms with Crippen LogP contribution in [-0.2, 0) is 16.1 Å². The van der Waals surface area contributed by atoms with Gasteiger partial charge in [-0.25, -0.2) is 4.39 Å². The van der Waals surface area contributed by atoms with Gasteiger partial charge in [0.25, 0.3) is 0 Å². The number of carbonyl (C=O) groups excluding carboxylic acids is 1. The fourth-order valence-corrected chi connectivity index (χ4v) is 1.10. The molecule has 5 heteroatoms. The Hall–Kier alpha value is -1.13. The molecule has 0 spiro atoms. The zero-order valence-electron chi connectivity index (χ0n) is 9.20. The van der Waals surface area contributed by atoms with Crippen LogP contribution in [0.1, 0.15) is 18.1 Å². The molecule has 0 heterocycles. The summed E-state index contributed by atoms with van der Waals surface area (Å²) in [7, 11) is 0. The first kappa shape index (κ1) is 14.9. The van der Waals surface area contributed by atoms with Gasteiger partial charge in [-0.2, -0.15) is 0 Å². The number of hydrogen-bond donors (Lipinski definition) is 1. The lowest BCUT2D eigenvalue weighted by molar-refractivity contribution is -0.146. The Morgan fingerprint density at radius 2 is 2.19 bits per heavy atom. The van der Waals surface area contributed by atoms with Crippen molar-refractivity contribution >= 4 is 18.4 Å². The molecule has 0 radical (unpaired) electrons. The highest BCUT2D eigenvalue weighted by molar-refractivity contribution is 5.85. The van der Waals surface area contributed by atoms with Crippen LogP contribution >= 0.6 is 12.4 Å². The van der Waals surface area contributed by atoms with Crippen molar-refractivity contribution in [3.05, 3.63) is 35.1 Å². The Labute approximate surface area is 100 Å². The van der Waals surface area contributed by atoms with Gasteiger partial charge in [0.15, 0.2) is 0 Å². The Morgan fingerprint density at radius 3 is 2.69 bits per heavy atom. The van der Waals surface area contributed by atoms with Crippen molar-refractivity contribution in [3.8, 4) is 0 Å². The van der Waals surface area contributed by atoms with Crippen molar-refractivity contribution in [3.63, 3.8) is 0 Å². The Balaban J connectivity index is 0.00000225. The van der Waals surface area contributed by atoms with E-state index in [-0.39, 0.29) is 24.8 Å². The molecule has 0 amide bonds. The lowest BCUT2D eigenvalue weighted by Crippen LogP contribution is -2.28. The predicted molar refractivity (Wildman–Crippen MR) is 61.8 cm³/mol. The third kappa shape index (κ3) is 4.16. The van der Waals surface area contributed by atoms with Crippen LogP contribution in [0.4, 0.5) is 4.39 Å². The Bertz CT molecular complexity index is 369. The molecule has 0 unspecified atom stereocenters. The maximum Gasteiger partial charge on any atom is 0.322 e. The average molecular weight is 248 g/mol. The first-order valence-electron chi connectivity index (χ1n) is 4.68. The third-order valence-electron chi connectivity index (χ3n) is 2.05. The van der Waals surface area contributed by atoms with Crippen molar-refractivity contribution in [2.24, 2.45) is 5.73 Å². The molecular weight excluding hydrogens is 233 g/mol. The van der Waals surface area contributed by atoms with E-state index in [1.165, 1.54) is 12.1 Å². The second-order valence-electron chi connectivity index (χ2n) is 3.47. The van der Waals surface area contributed by atoms with Crippen LogP contribution in [0.25, 0.3) is 0 Å². The lowest BCUT2D eigenvalue weighted by Gasteiger charge is -2.09. The van der Waals surface area contributed by atoms with Gasteiger partial charge >= 0.3 is 5.97 Å². The van der Waals surface area contributed by atoms with Gasteiger partial charge < -0.3 is 10.5 Å². The van der Waals surface area contributed by atoms with Crippen LogP contribution in [0.3, 0.4) is 0 Å². The van der Waals surface area contributed by atoms with Crippen molar-refractivity contribution in [1.29, 1.82) is 0 Å². The van der Waals surface area contributed by atoms with E-state index in [0.717, 1.165) is 11.1 Å². The van der Waals surface area contributed by atoms with Crippen LogP contribution in [0, 0.1) is 12.7 Å². The highest BCUT2D eigenvalue weighted by Gasteiger charge is 2.09. The summed E-state index contributed by atoms with van der Waals surface area (Å²) in [6.45, 7) is 3.45. The summed E-state index contributed by atoms with van der Waals surface area (Å²) in [6.07, 6.45) is 0. The van der Waals surface area contributed by atoms with Crippen LogP contribution in [0.5, 0.6) is 0 Å². The summed E-state index contributed by atoms with van der Waals surface area (Å²) >= 11 is 0. The maximum atomic E-state index is 12.7. The van der Waals surface area contributed by atoms with E-state index in [2.05, 4.69) is 0 Å². The highest BCUT2D eigenvalue weighted by Crippen LogP contribution is 2.11. The quantitative estimate of drug-likeness (QED) is 0.831. The molecule has 1 atom stereocenters. The molecule has 0 bridgehead atoms. The predicted octanol–water partition coefficient (Wildman–Crippen LogP) is 1.95. The molecular formula is C11H15ClFNO2. The van der Waals surface area contributed by atoms with Gasteiger partial charge in [-0.05, 0) is 37.1 Å². The lowest BCUT2D eigenvalue weighted by atomic mass is 10.1. The number of aryl methyl sites for hydroxylation is 1. The molecule has 0 aliphatic carbocycles. The maximum absolute atomic E-state index is 12.7. The number of ether oxygens (including phenoxy) is 1. The molecule has 1 aromatic carbocycles. The summed E-state index contributed by atoms with van der Waals surface area (Å²) in [4.78, 5) is 11.1. The Morgan fingerprint density at radius 1 is 1.56 bits per heavy atom. The minimum atomic E-state index is -0.634. The van der Waals surface area contributed by atoms with E-state index >= 15 is 0 Å². The zero-order valence-corrected chi connectivity index (χ0v) is 10.0. The fraction of sp³-hybridized carbons (Fsp3) is 0.364.